The monoisotopic (exact) mass is 396 g/mol. The number of aliphatic carboxylic acids is 1. The number of nitrogens with one attached hydrogen (secondary N) is 1. The lowest BCUT2D eigenvalue weighted by molar-refractivity contribution is -0.143. The maximum atomic E-state index is 12.5. The van der Waals surface area contributed by atoms with E-state index in [9.17, 15) is 19.5 Å². The van der Waals surface area contributed by atoms with E-state index in [1.165, 1.54) is 0 Å². The third-order valence-electron chi connectivity index (χ3n) is 4.99. The standard InChI is InChI=1S/C23H28N2O4/c1-16(2)21(27)25(4)14-17-10-12-18(13-11-17)20(26)24-15-23(3,22(28)29)19-8-6-5-7-9-19/h5-13,16H,14-15H2,1-4H3,(H,24,26)(H,28,29). The van der Waals surface area contributed by atoms with Crippen LogP contribution in [-0.2, 0) is 21.5 Å². The summed E-state index contributed by atoms with van der Waals surface area (Å²) < 4.78 is 0. The fourth-order valence-corrected chi connectivity index (χ4v) is 3.02. The summed E-state index contributed by atoms with van der Waals surface area (Å²) in [4.78, 5) is 38.0. The largest absolute Gasteiger partial charge is 0.481 e. The Morgan fingerprint density at radius 3 is 2.14 bits per heavy atom. The van der Waals surface area contributed by atoms with Crippen molar-refractivity contribution in [2.45, 2.75) is 32.7 Å². The molecule has 0 radical (unpaired) electrons. The van der Waals surface area contributed by atoms with Crippen molar-refractivity contribution in [3.05, 3.63) is 71.3 Å². The van der Waals surface area contributed by atoms with E-state index in [1.54, 1.807) is 67.4 Å². The minimum absolute atomic E-state index is 0.0292. The van der Waals surface area contributed by atoms with Crippen LogP contribution in [0.3, 0.4) is 0 Å². The van der Waals surface area contributed by atoms with Gasteiger partial charge in [-0.1, -0.05) is 56.3 Å². The zero-order chi connectivity index (χ0) is 21.6. The van der Waals surface area contributed by atoms with Crippen LogP contribution in [0.2, 0.25) is 0 Å². The number of carbonyl (C=O) groups excluding carboxylic acids is 2. The molecule has 0 aliphatic carbocycles. The summed E-state index contributed by atoms with van der Waals surface area (Å²) in [5.74, 6) is -1.36. The molecule has 1 unspecified atom stereocenters. The van der Waals surface area contributed by atoms with Crippen LogP contribution in [0.25, 0.3) is 0 Å². The number of carboxylic acids is 1. The number of amides is 2. The molecule has 0 aliphatic rings. The Kier molecular flexibility index (Phi) is 7.15. The molecular weight excluding hydrogens is 368 g/mol. The van der Waals surface area contributed by atoms with Gasteiger partial charge in [0.25, 0.3) is 5.91 Å². The van der Waals surface area contributed by atoms with E-state index in [1.807, 2.05) is 19.9 Å². The average Bonchev–Trinajstić information content (AvgIpc) is 2.72. The minimum Gasteiger partial charge on any atom is -0.481 e. The molecule has 0 saturated heterocycles. The van der Waals surface area contributed by atoms with Gasteiger partial charge in [0.2, 0.25) is 5.91 Å². The van der Waals surface area contributed by atoms with E-state index in [4.69, 9.17) is 0 Å². The second kappa shape index (κ2) is 9.37. The summed E-state index contributed by atoms with van der Waals surface area (Å²) in [6.45, 7) is 5.73. The average molecular weight is 396 g/mol. The molecule has 2 aromatic carbocycles. The number of carbonyl (C=O) groups is 3. The molecule has 1 atom stereocenters. The van der Waals surface area contributed by atoms with Crippen LogP contribution in [0.15, 0.2) is 54.6 Å². The third kappa shape index (κ3) is 5.44. The fourth-order valence-electron chi connectivity index (χ4n) is 3.02. The summed E-state index contributed by atoms with van der Waals surface area (Å²) >= 11 is 0. The topological polar surface area (TPSA) is 86.7 Å². The highest BCUT2D eigenvalue weighted by Crippen LogP contribution is 2.23. The Morgan fingerprint density at radius 2 is 1.62 bits per heavy atom. The van der Waals surface area contributed by atoms with Crippen molar-refractivity contribution in [3.8, 4) is 0 Å². The Hall–Kier alpha value is -3.15. The van der Waals surface area contributed by atoms with E-state index in [-0.39, 0.29) is 24.3 Å². The Balaban J connectivity index is 2.03. The van der Waals surface area contributed by atoms with Gasteiger partial charge in [-0.3, -0.25) is 14.4 Å². The molecule has 0 heterocycles. The van der Waals surface area contributed by atoms with Crippen molar-refractivity contribution in [1.29, 1.82) is 0 Å². The number of nitrogens with zero attached hydrogens (tertiary/aromatic N) is 1. The van der Waals surface area contributed by atoms with Gasteiger partial charge >= 0.3 is 5.97 Å². The number of benzene rings is 2. The van der Waals surface area contributed by atoms with E-state index in [0.29, 0.717) is 17.7 Å². The van der Waals surface area contributed by atoms with E-state index in [0.717, 1.165) is 5.56 Å². The Morgan fingerprint density at radius 1 is 1.03 bits per heavy atom. The molecule has 2 N–H and O–H groups in total. The summed E-state index contributed by atoms with van der Waals surface area (Å²) in [6, 6.07) is 15.8. The van der Waals surface area contributed by atoms with E-state index in [2.05, 4.69) is 5.32 Å². The van der Waals surface area contributed by atoms with Gasteiger partial charge in [0.15, 0.2) is 0 Å². The number of rotatable bonds is 8. The first-order valence-corrected chi connectivity index (χ1v) is 9.56. The third-order valence-corrected chi connectivity index (χ3v) is 4.99. The molecule has 6 nitrogen and oxygen atoms in total. The van der Waals surface area contributed by atoms with Crippen LogP contribution in [0.4, 0.5) is 0 Å². The van der Waals surface area contributed by atoms with Gasteiger partial charge < -0.3 is 15.3 Å². The Bertz CT molecular complexity index is 862. The highest BCUT2D eigenvalue weighted by molar-refractivity contribution is 5.95. The lowest BCUT2D eigenvalue weighted by Crippen LogP contribution is -2.44. The molecule has 0 aromatic heterocycles. The van der Waals surface area contributed by atoms with Gasteiger partial charge in [0, 0.05) is 31.6 Å². The van der Waals surface area contributed by atoms with Crippen LogP contribution < -0.4 is 5.32 Å². The van der Waals surface area contributed by atoms with E-state index < -0.39 is 11.4 Å². The second-order valence-corrected chi connectivity index (χ2v) is 7.73. The lowest BCUT2D eigenvalue weighted by Gasteiger charge is -2.25. The molecule has 6 heteroatoms. The highest BCUT2D eigenvalue weighted by atomic mass is 16.4. The van der Waals surface area contributed by atoms with Gasteiger partial charge in [-0.05, 0) is 30.2 Å². The molecule has 0 saturated carbocycles. The van der Waals surface area contributed by atoms with Crippen molar-refractivity contribution in [1.82, 2.24) is 10.2 Å². The second-order valence-electron chi connectivity index (χ2n) is 7.73. The maximum absolute atomic E-state index is 12.5. The predicted molar refractivity (Wildman–Crippen MR) is 112 cm³/mol. The lowest BCUT2D eigenvalue weighted by atomic mass is 9.82. The Labute approximate surface area is 171 Å². The van der Waals surface area contributed by atoms with Crippen LogP contribution >= 0.6 is 0 Å². The molecule has 29 heavy (non-hydrogen) atoms. The van der Waals surface area contributed by atoms with Gasteiger partial charge in [-0.25, -0.2) is 0 Å². The maximum Gasteiger partial charge on any atom is 0.315 e. The molecule has 0 bridgehead atoms. The van der Waals surface area contributed by atoms with Crippen LogP contribution in [-0.4, -0.2) is 41.4 Å². The minimum atomic E-state index is -1.23. The zero-order valence-electron chi connectivity index (χ0n) is 17.3. The van der Waals surface area contributed by atoms with Crippen molar-refractivity contribution >= 4 is 17.8 Å². The van der Waals surface area contributed by atoms with Crippen LogP contribution in [0.5, 0.6) is 0 Å². The summed E-state index contributed by atoms with van der Waals surface area (Å²) in [5.41, 5.74) is 0.752. The zero-order valence-corrected chi connectivity index (χ0v) is 17.3. The van der Waals surface area contributed by atoms with Gasteiger partial charge in [0.1, 0.15) is 5.41 Å². The molecule has 2 amide bonds. The van der Waals surface area contributed by atoms with Gasteiger partial charge in [-0.15, -0.1) is 0 Å². The predicted octanol–water partition coefficient (Wildman–Crippen LogP) is 3.07. The van der Waals surface area contributed by atoms with Crippen molar-refractivity contribution in [2.24, 2.45) is 5.92 Å². The van der Waals surface area contributed by atoms with Crippen molar-refractivity contribution in [2.75, 3.05) is 13.6 Å². The number of carboxylic acid groups (broad SMARTS) is 1. The SMILES string of the molecule is CC(C)C(=O)N(C)Cc1ccc(C(=O)NCC(C)(C(=O)O)c2ccccc2)cc1. The molecule has 0 spiro atoms. The summed E-state index contributed by atoms with van der Waals surface area (Å²) in [6.07, 6.45) is 0. The van der Waals surface area contributed by atoms with E-state index >= 15 is 0 Å². The van der Waals surface area contributed by atoms with Crippen molar-refractivity contribution < 1.29 is 19.5 Å². The van der Waals surface area contributed by atoms with Crippen molar-refractivity contribution in [3.63, 3.8) is 0 Å². The normalized spacial score (nSPS) is 12.9. The fraction of sp³-hybridized carbons (Fsp3) is 0.348. The van der Waals surface area contributed by atoms with Gasteiger partial charge in [0.05, 0.1) is 0 Å². The van der Waals surface area contributed by atoms with Crippen LogP contribution in [0, 0.1) is 5.92 Å². The smallest absolute Gasteiger partial charge is 0.315 e. The van der Waals surface area contributed by atoms with Gasteiger partial charge in [-0.2, -0.15) is 0 Å². The summed E-state index contributed by atoms with van der Waals surface area (Å²) in [7, 11) is 1.75. The van der Waals surface area contributed by atoms with Crippen LogP contribution in [0.1, 0.15) is 42.3 Å². The first-order chi connectivity index (χ1) is 13.6. The molecule has 0 fully saturated rings. The highest BCUT2D eigenvalue weighted by Gasteiger charge is 2.35. The first kappa shape index (κ1) is 22.1. The number of hydrogen-bond donors (Lipinski definition) is 2. The molecule has 154 valence electrons. The molecule has 2 rings (SSSR count). The first-order valence-electron chi connectivity index (χ1n) is 9.56. The molecule has 0 aliphatic heterocycles. The molecular formula is C23H28N2O4. The quantitative estimate of drug-likeness (QED) is 0.718. The number of hydrogen-bond acceptors (Lipinski definition) is 3. The molecule has 2 aromatic rings. The summed E-state index contributed by atoms with van der Waals surface area (Å²) in [5, 5.41) is 12.4.